The van der Waals surface area contributed by atoms with Crippen LogP contribution in [0.3, 0.4) is 0 Å². The van der Waals surface area contributed by atoms with Gasteiger partial charge in [-0.3, -0.25) is 9.79 Å². The molecule has 0 saturated heterocycles. The third-order valence-corrected chi connectivity index (χ3v) is 5.07. The van der Waals surface area contributed by atoms with Gasteiger partial charge in [-0.2, -0.15) is 0 Å². The number of nitrogens with zero attached hydrogens (tertiary/aromatic N) is 1. The normalized spacial score (nSPS) is 11.4. The molecule has 7 nitrogen and oxygen atoms in total. The van der Waals surface area contributed by atoms with Crippen molar-refractivity contribution in [2.75, 3.05) is 6.54 Å². The summed E-state index contributed by atoms with van der Waals surface area (Å²) >= 11 is 0. The van der Waals surface area contributed by atoms with Gasteiger partial charge in [-0.1, -0.05) is 84.0 Å². The van der Waals surface area contributed by atoms with Crippen molar-refractivity contribution in [1.82, 2.24) is 5.32 Å². The van der Waals surface area contributed by atoms with Gasteiger partial charge in [0, 0.05) is 13.0 Å². The van der Waals surface area contributed by atoms with E-state index in [1.54, 1.807) is 0 Å². The maximum Gasteiger partial charge on any atom is 1.00 e. The molecular formula is C22H43N4NaO3. The van der Waals surface area contributed by atoms with E-state index in [1.807, 2.05) is 0 Å². The smallest absolute Gasteiger partial charge is 0.548 e. The van der Waals surface area contributed by atoms with Crippen molar-refractivity contribution in [2.24, 2.45) is 16.5 Å². The predicted molar refractivity (Wildman–Crippen MR) is 117 cm³/mol. The van der Waals surface area contributed by atoms with Crippen LogP contribution in [-0.4, -0.2) is 30.4 Å². The molecule has 30 heavy (non-hydrogen) atoms. The Bertz CT molecular complexity index is 458. The Morgan fingerprint density at radius 3 is 1.73 bits per heavy atom. The summed E-state index contributed by atoms with van der Waals surface area (Å²) in [5.41, 5.74) is 10.4. The monoisotopic (exact) mass is 434 g/mol. The van der Waals surface area contributed by atoms with Crippen LogP contribution >= 0.6 is 0 Å². The zero-order chi connectivity index (χ0) is 21.7. The van der Waals surface area contributed by atoms with E-state index in [1.165, 1.54) is 64.2 Å². The molecule has 0 rings (SSSR count). The molecule has 0 spiro atoms. The topological polar surface area (TPSA) is 134 Å². The number of rotatable bonds is 20. The zero-order valence-electron chi connectivity index (χ0n) is 19.4. The van der Waals surface area contributed by atoms with Crippen molar-refractivity contribution in [3.63, 3.8) is 0 Å². The first-order chi connectivity index (χ1) is 14.0. The minimum absolute atomic E-state index is 0. The predicted octanol–water partition coefficient (Wildman–Crippen LogP) is -0.240. The van der Waals surface area contributed by atoms with Crippen LogP contribution in [0.4, 0.5) is 0 Å². The van der Waals surface area contributed by atoms with Crippen molar-refractivity contribution in [3.05, 3.63) is 0 Å². The van der Waals surface area contributed by atoms with E-state index in [9.17, 15) is 14.7 Å². The molecule has 0 aliphatic carbocycles. The maximum atomic E-state index is 11.9. The van der Waals surface area contributed by atoms with Crippen molar-refractivity contribution >= 4 is 17.8 Å². The summed E-state index contributed by atoms with van der Waals surface area (Å²) < 4.78 is 0. The van der Waals surface area contributed by atoms with E-state index in [0.717, 1.165) is 19.3 Å². The standard InChI is InChI=1S/C22H44N4O3.Na/c1-2-3-4-5-6-7-8-9-10-11-12-13-14-17-20(27)26-19(21(28)29)16-15-18-25-22(23)24;/h19H,2-18H2,1H3,(H,26,27)(H,28,29)(H4,23,24,25);/q;+1/p-1/t19-;/m0./s1. The second-order valence-electron chi connectivity index (χ2n) is 7.88. The van der Waals surface area contributed by atoms with Crippen LogP contribution in [0.5, 0.6) is 0 Å². The van der Waals surface area contributed by atoms with Crippen LogP contribution < -0.4 is 51.4 Å². The quantitative estimate of drug-likeness (QED) is 0.105. The number of guanidine groups is 1. The first kappa shape index (κ1) is 31.4. The molecule has 0 fully saturated rings. The largest absolute Gasteiger partial charge is 1.00 e. The number of carboxylic acid groups (broad SMARTS) is 1. The molecular weight excluding hydrogens is 391 g/mol. The summed E-state index contributed by atoms with van der Waals surface area (Å²) in [5.74, 6) is -1.53. The van der Waals surface area contributed by atoms with Gasteiger partial charge in [0.05, 0.1) is 12.0 Å². The van der Waals surface area contributed by atoms with E-state index in [-0.39, 0.29) is 47.8 Å². The summed E-state index contributed by atoms with van der Waals surface area (Å²) in [6.07, 6.45) is 17.3. The zero-order valence-corrected chi connectivity index (χ0v) is 21.4. The minimum atomic E-state index is -1.27. The van der Waals surface area contributed by atoms with Crippen LogP contribution in [0.25, 0.3) is 0 Å². The number of aliphatic carboxylic acids is 1. The average Bonchev–Trinajstić information content (AvgIpc) is 2.67. The van der Waals surface area contributed by atoms with Crippen LogP contribution in [-0.2, 0) is 9.59 Å². The van der Waals surface area contributed by atoms with Crippen molar-refractivity contribution in [1.29, 1.82) is 0 Å². The summed E-state index contributed by atoms with van der Waals surface area (Å²) in [6, 6.07) is -0.987. The van der Waals surface area contributed by atoms with Gasteiger partial charge < -0.3 is 26.7 Å². The first-order valence-electron chi connectivity index (χ1n) is 11.5. The van der Waals surface area contributed by atoms with Crippen LogP contribution in [0.1, 0.15) is 110 Å². The number of amides is 1. The van der Waals surface area contributed by atoms with Gasteiger partial charge in [-0.05, 0) is 19.3 Å². The SMILES string of the molecule is CCCCCCCCCCCCCCCC(=O)N[C@@H](CCCN=C(N)N)C(=O)[O-].[Na+]. The van der Waals surface area contributed by atoms with E-state index in [2.05, 4.69) is 17.2 Å². The molecule has 0 aromatic rings. The second-order valence-corrected chi connectivity index (χ2v) is 7.88. The van der Waals surface area contributed by atoms with Gasteiger partial charge in [0.2, 0.25) is 5.91 Å². The van der Waals surface area contributed by atoms with Crippen LogP contribution in [0, 0.1) is 0 Å². The van der Waals surface area contributed by atoms with E-state index in [4.69, 9.17) is 11.5 Å². The number of carbonyl (C=O) groups is 2. The molecule has 1 atom stereocenters. The van der Waals surface area contributed by atoms with E-state index >= 15 is 0 Å². The fraction of sp³-hybridized carbons (Fsp3) is 0.864. The number of nitrogens with one attached hydrogen (secondary N) is 1. The second kappa shape index (κ2) is 22.9. The minimum Gasteiger partial charge on any atom is -0.548 e. The molecule has 0 saturated carbocycles. The van der Waals surface area contributed by atoms with Gasteiger partial charge in [-0.25, -0.2) is 0 Å². The molecule has 0 unspecified atom stereocenters. The van der Waals surface area contributed by atoms with Gasteiger partial charge in [-0.15, -0.1) is 0 Å². The number of nitrogens with two attached hydrogens (primary N) is 2. The third-order valence-electron chi connectivity index (χ3n) is 5.07. The molecule has 0 aliphatic rings. The molecule has 0 radical (unpaired) electrons. The summed E-state index contributed by atoms with van der Waals surface area (Å²) in [6.45, 7) is 2.58. The van der Waals surface area contributed by atoms with Crippen LogP contribution in [0.15, 0.2) is 4.99 Å². The summed E-state index contributed by atoms with van der Waals surface area (Å²) in [4.78, 5) is 26.9. The Morgan fingerprint density at radius 2 is 1.30 bits per heavy atom. The molecule has 0 heterocycles. The molecule has 5 N–H and O–H groups in total. The summed E-state index contributed by atoms with van der Waals surface area (Å²) in [5, 5.41) is 13.7. The molecule has 0 aromatic carbocycles. The van der Waals surface area contributed by atoms with E-state index in [0.29, 0.717) is 19.4 Å². The van der Waals surface area contributed by atoms with Gasteiger partial charge in [0.1, 0.15) is 0 Å². The average molecular weight is 435 g/mol. The number of carbonyl (C=O) groups excluding carboxylic acids is 2. The maximum absolute atomic E-state index is 11.9. The number of unbranched alkanes of at least 4 members (excludes halogenated alkanes) is 12. The van der Waals surface area contributed by atoms with Gasteiger partial charge in [0.15, 0.2) is 5.96 Å². The molecule has 170 valence electrons. The van der Waals surface area contributed by atoms with Crippen molar-refractivity contribution in [2.45, 2.75) is 116 Å². The Labute approximate surface area is 205 Å². The molecule has 1 amide bonds. The van der Waals surface area contributed by atoms with Gasteiger partial charge >= 0.3 is 29.6 Å². The Hall–Kier alpha value is -0.790. The number of carboxylic acids is 1. The fourth-order valence-corrected chi connectivity index (χ4v) is 3.32. The number of hydrogen-bond acceptors (Lipinski definition) is 4. The van der Waals surface area contributed by atoms with E-state index < -0.39 is 12.0 Å². The summed E-state index contributed by atoms with van der Waals surface area (Å²) in [7, 11) is 0. The molecule has 0 aliphatic heterocycles. The number of hydrogen-bond donors (Lipinski definition) is 3. The number of aliphatic imine (C=N–C) groups is 1. The Balaban J connectivity index is 0. The molecule has 0 bridgehead atoms. The van der Waals surface area contributed by atoms with Gasteiger partial charge in [0.25, 0.3) is 0 Å². The Kier molecular flexibility index (Phi) is 24.0. The van der Waals surface area contributed by atoms with Crippen molar-refractivity contribution < 1.29 is 44.3 Å². The molecule has 8 heteroatoms. The first-order valence-corrected chi connectivity index (χ1v) is 11.5. The fourth-order valence-electron chi connectivity index (χ4n) is 3.32. The van der Waals surface area contributed by atoms with Crippen LogP contribution in [0.2, 0.25) is 0 Å². The third kappa shape index (κ3) is 21.9. The molecule has 0 aromatic heterocycles. The van der Waals surface area contributed by atoms with Crippen molar-refractivity contribution in [3.8, 4) is 0 Å². The Morgan fingerprint density at radius 1 is 0.833 bits per heavy atom.